The lowest BCUT2D eigenvalue weighted by atomic mass is 10.1. The number of benzene rings is 1. The maximum Gasteiger partial charge on any atom is 0.228 e. The van der Waals surface area contributed by atoms with Crippen LogP contribution in [-0.4, -0.2) is 43.8 Å². The Kier molecular flexibility index (Phi) is 4.47. The summed E-state index contributed by atoms with van der Waals surface area (Å²) in [6, 6.07) is 10.3. The predicted molar refractivity (Wildman–Crippen MR) is 87.4 cm³/mol. The molecule has 2 aromatic rings. The Morgan fingerprint density at radius 2 is 1.83 bits per heavy atom. The first kappa shape index (κ1) is 15.7. The van der Waals surface area contributed by atoms with Crippen LogP contribution in [0.3, 0.4) is 0 Å². The Balaban J connectivity index is 1.71. The lowest BCUT2D eigenvalue weighted by molar-refractivity contribution is 0.396. The van der Waals surface area contributed by atoms with E-state index in [-0.39, 0.29) is 5.25 Å². The number of rotatable bonds is 4. The molecule has 6 nitrogen and oxygen atoms in total. The molecule has 0 amide bonds. The Hall–Kier alpha value is -2.15. The Bertz CT molecular complexity index is 757. The number of anilines is 1. The fourth-order valence-corrected chi connectivity index (χ4v) is 4.52. The molecule has 0 bridgehead atoms. The summed E-state index contributed by atoms with van der Waals surface area (Å²) >= 11 is 0. The fourth-order valence-electron chi connectivity index (χ4n) is 2.77. The van der Waals surface area contributed by atoms with Crippen molar-refractivity contribution in [2.24, 2.45) is 0 Å². The van der Waals surface area contributed by atoms with Crippen LogP contribution in [0.1, 0.15) is 12.8 Å². The third kappa shape index (κ3) is 3.29. The minimum absolute atomic E-state index is 0.355. The summed E-state index contributed by atoms with van der Waals surface area (Å²) < 4.78 is 30.4. The van der Waals surface area contributed by atoms with Gasteiger partial charge in [-0.05, 0) is 25.0 Å². The zero-order valence-electron chi connectivity index (χ0n) is 12.9. The largest absolute Gasteiger partial charge is 0.481 e. The van der Waals surface area contributed by atoms with Gasteiger partial charge >= 0.3 is 0 Å². The van der Waals surface area contributed by atoms with Crippen LogP contribution in [0.15, 0.2) is 47.5 Å². The van der Waals surface area contributed by atoms with Crippen molar-refractivity contribution in [2.75, 3.05) is 25.1 Å². The molecule has 1 aliphatic rings. The zero-order chi connectivity index (χ0) is 16.3. The summed E-state index contributed by atoms with van der Waals surface area (Å²) in [5.74, 6) is 1.09. The number of aromatic nitrogens is 2. The van der Waals surface area contributed by atoms with Crippen LogP contribution in [-0.2, 0) is 9.84 Å². The smallest absolute Gasteiger partial charge is 0.228 e. The molecule has 0 spiro atoms. The van der Waals surface area contributed by atoms with E-state index in [1.807, 2.05) is 11.0 Å². The van der Waals surface area contributed by atoms with E-state index >= 15 is 0 Å². The summed E-state index contributed by atoms with van der Waals surface area (Å²) in [6.45, 7) is 1.23. The molecule has 1 aromatic carbocycles. The van der Waals surface area contributed by atoms with Crippen molar-refractivity contribution in [1.29, 1.82) is 0 Å². The maximum atomic E-state index is 12.7. The van der Waals surface area contributed by atoms with Crippen molar-refractivity contribution < 1.29 is 13.2 Å². The van der Waals surface area contributed by atoms with Crippen molar-refractivity contribution >= 4 is 15.8 Å². The standard InChI is InChI=1S/C16H19N3O3S/c1-22-15-7-10-17-16(18-15)19-11-8-14(9-12-19)23(20,21)13-5-3-2-4-6-13/h2-7,10,14H,8-9,11-12H2,1H3. The Labute approximate surface area is 136 Å². The summed E-state index contributed by atoms with van der Waals surface area (Å²) in [5, 5.41) is -0.355. The highest BCUT2D eigenvalue weighted by molar-refractivity contribution is 7.92. The summed E-state index contributed by atoms with van der Waals surface area (Å²) in [5.41, 5.74) is 0. The number of nitrogens with zero attached hydrogens (tertiary/aromatic N) is 3. The molecule has 1 aliphatic heterocycles. The quantitative estimate of drug-likeness (QED) is 0.851. The van der Waals surface area contributed by atoms with Gasteiger partial charge in [-0.1, -0.05) is 18.2 Å². The van der Waals surface area contributed by atoms with Crippen LogP contribution >= 0.6 is 0 Å². The number of hydrogen-bond donors (Lipinski definition) is 0. The molecule has 0 radical (unpaired) electrons. The van der Waals surface area contributed by atoms with Crippen molar-refractivity contribution in [3.8, 4) is 5.88 Å². The van der Waals surface area contributed by atoms with E-state index < -0.39 is 9.84 Å². The average molecular weight is 333 g/mol. The number of methoxy groups -OCH3 is 1. The first-order valence-corrected chi connectivity index (χ1v) is 9.07. The SMILES string of the molecule is COc1ccnc(N2CCC(S(=O)(=O)c3ccccc3)CC2)n1. The minimum Gasteiger partial charge on any atom is -0.481 e. The Morgan fingerprint density at radius 3 is 2.48 bits per heavy atom. The lowest BCUT2D eigenvalue weighted by Crippen LogP contribution is -2.40. The van der Waals surface area contributed by atoms with Crippen LogP contribution in [0.5, 0.6) is 5.88 Å². The molecule has 1 aromatic heterocycles. The predicted octanol–water partition coefficient (Wildman–Crippen LogP) is 1.93. The average Bonchev–Trinajstić information content (AvgIpc) is 2.62. The van der Waals surface area contributed by atoms with Gasteiger partial charge in [0.25, 0.3) is 0 Å². The van der Waals surface area contributed by atoms with Crippen molar-refractivity contribution in [2.45, 2.75) is 23.0 Å². The second-order valence-corrected chi connectivity index (χ2v) is 7.67. The van der Waals surface area contributed by atoms with E-state index in [4.69, 9.17) is 4.74 Å². The molecule has 2 heterocycles. The maximum absolute atomic E-state index is 12.7. The molecule has 0 N–H and O–H groups in total. The van der Waals surface area contributed by atoms with Crippen LogP contribution in [0.2, 0.25) is 0 Å². The van der Waals surface area contributed by atoms with Gasteiger partial charge in [-0.15, -0.1) is 0 Å². The van der Waals surface area contributed by atoms with Gasteiger partial charge in [0.1, 0.15) is 0 Å². The molecular weight excluding hydrogens is 314 g/mol. The van der Waals surface area contributed by atoms with E-state index in [0.717, 1.165) is 0 Å². The molecule has 0 unspecified atom stereocenters. The minimum atomic E-state index is -3.27. The van der Waals surface area contributed by atoms with Gasteiger partial charge in [0, 0.05) is 25.4 Å². The first-order valence-electron chi connectivity index (χ1n) is 7.52. The first-order chi connectivity index (χ1) is 11.1. The lowest BCUT2D eigenvalue weighted by Gasteiger charge is -2.31. The molecular formula is C16H19N3O3S. The molecule has 3 rings (SSSR count). The van der Waals surface area contributed by atoms with Crippen molar-refractivity contribution in [3.63, 3.8) is 0 Å². The summed E-state index contributed by atoms with van der Waals surface area (Å²) in [6.07, 6.45) is 2.78. The molecule has 1 saturated heterocycles. The van der Waals surface area contributed by atoms with E-state index in [1.54, 1.807) is 43.6 Å². The molecule has 0 saturated carbocycles. The topological polar surface area (TPSA) is 72.4 Å². The van der Waals surface area contributed by atoms with Gasteiger partial charge in [-0.3, -0.25) is 0 Å². The molecule has 0 atom stereocenters. The molecule has 0 aliphatic carbocycles. The highest BCUT2D eigenvalue weighted by atomic mass is 32.2. The Morgan fingerprint density at radius 1 is 1.13 bits per heavy atom. The highest BCUT2D eigenvalue weighted by Gasteiger charge is 2.31. The monoisotopic (exact) mass is 333 g/mol. The molecule has 1 fully saturated rings. The van der Waals surface area contributed by atoms with E-state index in [1.165, 1.54) is 0 Å². The summed E-state index contributed by atoms with van der Waals surface area (Å²) in [7, 11) is -1.71. The number of sulfone groups is 1. The number of ether oxygens (including phenoxy) is 1. The molecule has 122 valence electrons. The van der Waals surface area contributed by atoms with Gasteiger partial charge in [0.05, 0.1) is 17.3 Å². The molecule has 7 heteroatoms. The van der Waals surface area contributed by atoms with Crippen LogP contribution in [0, 0.1) is 0 Å². The zero-order valence-corrected chi connectivity index (χ0v) is 13.7. The van der Waals surface area contributed by atoms with Crippen LogP contribution in [0.25, 0.3) is 0 Å². The van der Waals surface area contributed by atoms with Gasteiger partial charge in [-0.2, -0.15) is 4.98 Å². The third-order valence-corrected chi connectivity index (χ3v) is 6.34. The van der Waals surface area contributed by atoms with E-state index in [0.29, 0.717) is 42.7 Å². The van der Waals surface area contributed by atoms with Gasteiger partial charge < -0.3 is 9.64 Å². The van der Waals surface area contributed by atoms with E-state index in [2.05, 4.69) is 9.97 Å². The molecule has 23 heavy (non-hydrogen) atoms. The van der Waals surface area contributed by atoms with Crippen molar-refractivity contribution in [3.05, 3.63) is 42.6 Å². The van der Waals surface area contributed by atoms with Gasteiger partial charge in [0.15, 0.2) is 9.84 Å². The summed E-state index contributed by atoms with van der Waals surface area (Å²) in [4.78, 5) is 10.9. The van der Waals surface area contributed by atoms with Gasteiger partial charge in [0.2, 0.25) is 11.8 Å². The van der Waals surface area contributed by atoms with Gasteiger partial charge in [-0.25, -0.2) is 13.4 Å². The van der Waals surface area contributed by atoms with Crippen molar-refractivity contribution in [1.82, 2.24) is 9.97 Å². The van der Waals surface area contributed by atoms with Crippen LogP contribution < -0.4 is 9.64 Å². The van der Waals surface area contributed by atoms with Crippen LogP contribution in [0.4, 0.5) is 5.95 Å². The van der Waals surface area contributed by atoms with E-state index in [9.17, 15) is 8.42 Å². The second-order valence-electron chi connectivity index (χ2n) is 5.44. The fraction of sp³-hybridized carbons (Fsp3) is 0.375. The third-order valence-electron chi connectivity index (χ3n) is 4.06. The number of hydrogen-bond acceptors (Lipinski definition) is 6. The normalized spacial score (nSPS) is 16.3. The number of piperidine rings is 1. The second kappa shape index (κ2) is 6.54. The highest BCUT2D eigenvalue weighted by Crippen LogP contribution is 2.26.